The molecule has 0 aliphatic heterocycles. The molecule has 17 heavy (non-hydrogen) atoms. The van der Waals surface area contributed by atoms with Crippen LogP contribution < -0.4 is 0 Å². The molecule has 0 unspecified atom stereocenters. The van der Waals surface area contributed by atoms with Gasteiger partial charge in [-0.1, -0.05) is 23.2 Å². The van der Waals surface area contributed by atoms with Crippen LogP contribution in [0.5, 0.6) is 0 Å². The van der Waals surface area contributed by atoms with Crippen molar-refractivity contribution in [1.82, 2.24) is 9.97 Å². The van der Waals surface area contributed by atoms with Gasteiger partial charge in [0.25, 0.3) is 0 Å². The second kappa shape index (κ2) is 4.85. The van der Waals surface area contributed by atoms with Crippen LogP contribution >= 0.6 is 23.2 Å². The Morgan fingerprint density at radius 1 is 1.47 bits per heavy atom. The van der Waals surface area contributed by atoms with Gasteiger partial charge in [0, 0.05) is 11.6 Å². The minimum Gasteiger partial charge on any atom is -0.462 e. The lowest BCUT2D eigenvalue weighted by Crippen LogP contribution is -2.06. The quantitative estimate of drug-likeness (QED) is 0.622. The standard InChI is InChI=1S/C11H8Cl2N2O2/c1-2-17-11(16)7-5-6-8(12)3-4-14-10(6)15-9(7)13/h3-5H,2H2,1H3. The first-order chi connectivity index (χ1) is 8.13. The van der Waals surface area contributed by atoms with Crippen molar-refractivity contribution in [2.24, 2.45) is 0 Å². The molecular weight excluding hydrogens is 263 g/mol. The van der Waals surface area contributed by atoms with E-state index in [1.807, 2.05) is 0 Å². The monoisotopic (exact) mass is 270 g/mol. The number of halogens is 2. The molecule has 0 aromatic carbocycles. The summed E-state index contributed by atoms with van der Waals surface area (Å²) < 4.78 is 4.87. The number of rotatable bonds is 2. The van der Waals surface area contributed by atoms with E-state index in [9.17, 15) is 4.79 Å². The first-order valence-corrected chi connectivity index (χ1v) is 5.67. The molecule has 0 radical (unpaired) electrons. The van der Waals surface area contributed by atoms with Gasteiger partial charge in [0.15, 0.2) is 5.65 Å². The molecule has 0 atom stereocenters. The number of hydrogen-bond donors (Lipinski definition) is 0. The van der Waals surface area contributed by atoms with E-state index in [2.05, 4.69) is 9.97 Å². The van der Waals surface area contributed by atoms with Crippen LogP contribution in [0.1, 0.15) is 17.3 Å². The summed E-state index contributed by atoms with van der Waals surface area (Å²) in [7, 11) is 0. The maximum atomic E-state index is 11.6. The third-order valence-corrected chi connectivity index (χ3v) is 2.74. The molecule has 2 rings (SSSR count). The smallest absolute Gasteiger partial charge is 0.341 e. The summed E-state index contributed by atoms with van der Waals surface area (Å²) in [6, 6.07) is 3.16. The fraction of sp³-hybridized carbons (Fsp3) is 0.182. The predicted molar refractivity (Wildman–Crippen MR) is 65.5 cm³/mol. The van der Waals surface area contributed by atoms with Crippen molar-refractivity contribution in [2.45, 2.75) is 6.92 Å². The third-order valence-electron chi connectivity index (χ3n) is 2.13. The van der Waals surface area contributed by atoms with Gasteiger partial charge in [-0.05, 0) is 19.1 Å². The molecule has 0 aliphatic carbocycles. The van der Waals surface area contributed by atoms with E-state index in [4.69, 9.17) is 27.9 Å². The Bertz CT molecular complexity index is 587. The molecular formula is C11H8Cl2N2O2. The molecule has 88 valence electrons. The lowest BCUT2D eigenvalue weighted by atomic mass is 10.2. The highest BCUT2D eigenvalue weighted by atomic mass is 35.5. The van der Waals surface area contributed by atoms with Crippen molar-refractivity contribution in [3.63, 3.8) is 0 Å². The average molecular weight is 271 g/mol. The summed E-state index contributed by atoms with van der Waals surface area (Å²) in [4.78, 5) is 19.6. The topological polar surface area (TPSA) is 52.1 Å². The summed E-state index contributed by atoms with van der Waals surface area (Å²) >= 11 is 11.9. The molecule has 0 bridgehead atoms. The van der Waals surface area contributed by atoms with Crippen LogP contribution in [0.25, 0.3) is 11.0 Å². The van der Waals surface area contributed by atoms with Crippen LogP contribution in [-0.2, 0) is 4.74 Å². The number of carbonyl (C=O) groups is 1. The Labute approximate surface area is 108 Å². The van der Waals surface area contributed by atoms with Crippen molar-refractivity contribution < 1.29 is 9.53 Å². The van der Waals surface area contributed by atoms with E-state index >= 15 is 0 Å². The summed E-state index contributed by atoms with van der Waals surface area (Å²) in [5.74, 6) is -0.521. The molecule has 0 fully saturated rings. The van der Waals surface area contributed by atoms with Crippen molar-refractivity contribution >= 4 is 40.2 Å². The van der Waals surface area contributed by atoms with E-state index in [0.29, 0.717) is 16.1 Å². The summed E-state index contributed by atoms with van der Waals surface area (Å²) in [6.45, 7) is 1.99. The normalized spacial score (nSPS) is 10.5. The average Bonchev–Trinajstić information content (AvgIpc) is 2.29. The molecule has 4 nitrogen and oxygen atoms in total. The fourth-order valence-electron chi connectivity index (χ4n) is 1.37. The van der Waals surface area contributed by atoms with Crippen LogP contribution in [0.4, 0.5) is 0 Å². The van der Waals surface area contributed by atoms with E-state index in [1.165, 1.54) is 12.3 Å². The lowest BCUT2D eigenvalue weighted by molar-refractivity contribution is 0.0526. The molecule has 0 saturated heterocycles. The Morgan fingerprint density at radius 3 is 2.94 bits per heavy atom. The number of aromatic nitrogens is 2. The number of ether oxygens (including phenoxy) is 1. The van der Waals surface area contributed by atoms with Crippen LogP contribution in [0, 0.1) is 0 Å². The van der Waals surface area contributed by atoms with Crippen molar-refractivity contribution in [1.29, 1.82) is 0 Å². The van der Waals surface area contributed by atoms with Crippen molar-refractivity contribution in [3.8, 4) is 0 Å². The lowest BCUT2D eigenvalue weighted by Gasteiger charge is -2.05. The summed E-state index contributed by atoms with van der Waals surface area (Å²) in [6.07, 6.45) is 1.53. The zero-order chi connectivity index (χ0) is 12.4. The second-order valence-corrected chi connectivity index (χ2v) is 3.98. The van der Waals surface area contributed by atoms with E-state index in [1.54, 1.807) is 13.0 Å². The van der Waals surface area contributed by atoms with Gasteiger partial charge in [-0.25, -0.2) is 14.8 Å². The number of esters is 1. The largest absolute Gasteiger partial charge is 0.462 e. The Balaban J connectivity index is 2.61. The molecule has 6 heteroatoms. The van der Waals surface area contributed by atoms with Gasteiger partial charge in [0.1, 0.15) is 5.15 Å². The number of carbonyl (C=O) groups excluding carboxylic acids is 1. The minimum atomic E-state index is -0.521. The first kappa shape index (κ1) is 12.1. The van der Waals surface area contributed by atoms with Gasteiger partial charge in [0.2, 0.25) is 0 Å². The van der Waals surface area contributed by atoms with Crippen molar-refractivity contribution in [3.05, 3.63) is 34.1 Å². The van der Waals surface area contributed by atoms with Crippen LogP contribution in [0.15, 0.2) is 18.3 Å². The maximum Gasteiger partial charge on any atom is 0.341 e. The Hall–Kier alpha value is -1.39. The predicted octanol–water partition coefficient (Wildman–Crippen LogP) is 3.11. The van der Waals surface area contributed by atoms with Gasteiger partial charge in [-0.3, -0.25) is 0 Å². The Morgan fingerprint density at radius 2 is 2.24 bits per heavy atom. The molecule has 2 aromatic rings. The van der Waals surface area contributed by atoms with E-state index < -0.39 is 5.97 Å². The number of hydrogen-bond acceptors (Lipinski definition) is 4. The Kier molecular flexibility index (Phi) is 3.45. The van der Waals surface area contributed by atoms with E-state index in [0.717, 1.165) is 0 Å². The van der Waals surface area contributed by atoms with E-state index in [-0.39, 0.29) is 17.3 Å². The zero-order valence-electron chi connectivity index (χ0n) is 8.91. The highest BCUT2D eigenvalue weighted by Crippen LogP contribution is 2.25. The van der Waals surface area contributed by atoms with Gasteiger partial charge in [0.05, 0.1) is 17.2 Å². The highest BCUT2D eigenvalue weighted by molar-refractivity contribution is 6.36. The third kappa shape index (κ3) is 2.33. The van der Waals surface area contributed by atoms with Crippen LogP contribution in [-0.4, -0.2) is 22.5 Å². The summed E-state index contributed by atoms with van der Waals surface area (Å²) in [5, 5.41) is 1.09. The van der Waals surface area contributed by atoms with Gasteiger partial charge < -0.3 is 4.74 Å². The fourth-order valence-corrected chi connectivity index (χ4v) is 1.78. The molecule has 0 N–H and O–H groups in total. The molecule has 0 spiro atoms. The van der Waals surface area contributed by atoms with Gasteiger partial charge in [-0.2, -0.15) is 0 Å². The molecule has 0 aliphatic rings. The van der Waals surface area contributed by atoms with Crippen molar-refractivity contribution in [2.75, 3.05) is 6.61 Å². The maximum absolute atomic E-state index is 11.6. The summed E-state index contributed by atoms with van der Waals surface area (Å²) in [5.41, 5.74) is 0.589. The number of pyridine rings is 2. The number of nitrogens with zero attached hydrogens (tertiary/aromatic N) is 2. The molecule has 2 aromatic heterocycles. The zero-order valence-corrected chi connectivity index (χ0v) is 10.4. The minimum absolute atomic E-state index is 0.0608. The van der Waals surface area contributed by atoms with Gasteiger partial charge in [-0.15, -0.1) is 0 Å². The second-order valence-electron chi connectivity index (χ2n) is 3.21. The molecule has 0 saturated carbocycles. The first-order valence-electron chi connectivity index (χ1n) is 4.91. The van der Waals surface area contributed by atoms with Crippen LogP contribution in [0.2, 0.25) is 10.2 Å². The number of fused-ring (bicyclic) bond motifs is 1. The SMILES string of the molecule is CCOC(=O)c1cc2c(Cl)ccnc2nc1Cl. The highest BCUT2D eigenvalue weighted by Gasteiger charge is 2.15. The van der Waals surface area contributed by atoms with Gasteiger partial charge >= 0.3 is 5.97 Å². The molecule has 0 amide bonds. The van der Waals surface area contributed by atoms with Crippen LogP contribution in [0.3, 0.4) is 0 Å². The molecule has 2 heterocycles.